The van der Waals surface area contributed by atoms with Crippen molar-refractivity contribution in [2.75, 3.05) is 5.32 Å². The van der Waals surface area contributed by atoms with Gasteiger partial charge in [0.2, 0.25) is 0 Å². The molecule has 0 spiro atoms. The van der Waals surface area contributed by atoms with Gasteiger partial charge in [-0.15, -0.1) is 22.7 Å². The molecule has 0 aromatic carbocycles. The van der Waals surface area contributed by atoms with Gasteiger partial charge in [-0.2, -0.15) is 0 Å². The highest BCUT2D eigenvalue weighted by Gasteiger charge is 2.10. The molecule has 0 radical (unpaired) electrons. The van der Waals surface area contributed by atoms with Crippen LogP contribution in [0.15, 0.2) is 17.6 Å². The van der Waals surface area contributed by atoms with Gasteiger partial charge in [0.15, 0.2) is 5.13 Å². The topological polar surface area (TPSA) is 42.0 Å². The van der Waals surface area contributed by atoms with Gasteiger partial charge in [-0.3, -0.25) is 10.1 Å². The highest BCUT2D eigenvalue weighted by Crippen LogP contribution is 2.20. The summed E-state index contributed by atoms with van der Waals surface area (Å²) in [5.74, 6) is -0.0713. The Hall–Kier alpha value is -1.20. The molecule has 0 unspecified atom stereocenters. The standard InChI is InChI=1S/C12H14N2OS2/c1-3-4-10-5-9(7-16-10)11(15)14-12-13-6-8(2)17-12/h5-7H,3-4H2,1-2H3,(H,13,14,15). The number of rotatable bonds is 4. The Labute approximate surface area is 109 Å². The first-order valence-electron chi connectivity index (χ1n) is 5.50. The molecule has 90 valence electrons. The van der Waals surface area contributed by atoms with Crippen LogP contribution < -0.4 is 5.32 Å². The van der Waals surface area contributed by atoms with E-state index in [2.05, 4.69) is 17.2 Å². The number of carbonyl (C=O) groups excluding carboxylic acids is 1. The summed E-state index contributed by atoms with van der Waals surface area (Å²) in [6.07, 6.45) is 3.90. The Morgan fingerprint density at radius 1 is 1.53 bits per heavy atom. The molecule has 1 N–H and O–H groups in total. The largest absolute Gasteiger partial charge is 0.298 e. The molecule has 3 nitrogen and oxygen atoms in total. The van der Waals surface area contributed by atoms with E-state index in [0.717, 1.165) is 23.3 Å². The van der Waals surface area contributed by atoms with Crippen molar-refractivity contribution in [2.24, 2.45) is 0 Å². The lowest BCUT2D eigenvalue weighted by molar-refractivity contribution is 0.102. The van der Waals surface area contributed by atoms with Gasteiger partial charge in [0.05, 0.1) is 5.56 Å². The number of hydrogen-bond acceptors (Lipinski definition) is 4. The predicted molar refractivity (Wildman–Crippen MR) is 73.1 cm³/mol. The number of thiazole rings is 1. The fraction of sp³-hybridized carbons (Fsp3) is 0.333. The van der Waals surface area contributed by atoms with Gasteiger partial charge in [-0.1, -0.05) is 13.3 Å². The molecule has 0 bridgehead atoms. The zero-order chi connectivity index (χ0) is 12.3. The fourth-order valence-corrected chi connectivity index (χ4v) is 3.09. The third-order valence-electron chi connectivity index (χ3n) is 2.25. The minimum absolute atomic E-state index is 0.0713. The monoisotopic (exact) mass is 266 g/mol. The van der Waals surface area contributed by atoms with Crippen LogP contribution in [0.2, 0.25) is 0 Å². The van der Waals surface area contributed by atoms with Crippen molar-refractivity contribution in [3.05, 3.63) is 33.0 Å². The highest BCUT2D eigenvalue weighted by molar-refractivity contribution is 7.15. The van der Waals surface area contributed by atoms with Crippen molar-refractivity contribution in [1.82, 2.24) is 4.98 Å². The van der Waals surface area contributed by atoms with E-state index in [-0.39, 0.29) is 5.91 Å². The Morgan fingerprint density at radius 2 is 2.35 bits per heavy atom. The van der Waals surface area contributed by atoms with Crippen LogP contribution in [0, 0.1) is 6.92 Å². The number of aromatic nitrogens is 1. The second kappa shape index (κ2) is 5.42. The smallest absolute Gasteiger partial charge is 0.258 e. The van der Waals surface area contributed by atoms with Crippen LogP contribution in [0.4, 0.5) is 5.13 Å². The van der Waals surface area contributed by atoms with E-state index >= 15 is 0 Å². The summed E-state index contributed by atoms with van der Waals surface area (Å²) < 4.78 is 0. The van der Waals surface area contributed by atoms with E-state index < -0.39 is 0 Å². The molecule has 5 heteroatoms. The second-order valence-electron chi connectivity index (χ2n) is 3.78. The molecular weight excluding hydrogens is 252 g/mol. The molecule has 0 atom stereocenters. The summed E-state index contributed by atoms with van der Waals surface area (Å²) in [4.78, 5) is 18.4. The van der Waals surface area contributed by atoms with Gasteiger partial charge in [0.25, 0.3) is 5.91 Å². The zero-order valence-electron chi connectivity index (χ0n) is 9.82. The Bertz CT molecular complexity index is 516. The van der Waals surface area contributed by atoms with Gasteiger partial charge < -0.3 is 0 Å². The molecule has 17 heavy (non-hydrogen) atoms. The first-order valence-corrected chi connectivity index (χ1v) is 7.20. The number of carbonyl (C=O) groups is 1. The lowest BCUT2D eigenvalue weighted by Crippen LogP contribution is -2.10. The van der Waals surface area contributed by atoms with Crippen molar-refractivity contribution in [1.29, 1.82) is 0 Å². The predicted octanol–water partition coefficient (Wildman–Crippen LogP) is 3.72. The molecule has 0 saturated carbocycles. The molecule has 0 aliphatic rings. The van der Waals surface area contributed by atoms with Gasteiger partial charge in [0.1, 0.15) is 0 Å². The minimum Gasteiger partial charge on any atom is -0.298 e. The second-order valence-corrected chi connectivity index (χ2v) is 6.01. The van der Waals surface area contributed by atoms with Crippen LogP contribution in [0.5, 0.6) is 0 Å². The van der Waals surface area contributed by atoms with Crippen LogP contribution in [-0.2, 0) is 6.42 Å². The Kier molecular flexibility index (Phi) is 3.91. The van der Waals surface area contributed by atoms with Crippen molar-refractivity contribution in [2.45, 2.75) is 26.7 Å². The maximum Gasteiger partial charge on any atom is 0.258 e. The van der Waals surface area contributed by atoms with Gasteiger partial charge >= 0.3 is 0 Å². The Balaban J connectivity index is 2.03. The van der Waals surface area contributed by atoms with Crippen LogP contribution >= 0.6 is 22.7 Å². The lowest BCUT2D eigenvalue weighted by Gasteiger charge is -1.97. The number of nitrogens with one attached hydrogen (secondary N) is 1. The molecule has 1 amide bonds. The average Bonchev–Trinajstić information content (AvgIpc) is 2.88. The molecule has 0 aliphatic heterocycles. The van der Waals surface area contributed by atoms with Gasteiger partial charge in [0, 0.05) is 21.3 Å². The molecule has 2 aromatic heterocycles. The summed E-state index contributed by atoms with van der Waals surface area (Å²) in [6.45, 7) is 4.11. The molecule has 0 aliphatic carbocycles. The quantitative estimate of drug-likeness (QED) is 0.916. The van der Waals surface area contributed by atoms with E-state index in [4.69, 9.17) is 0 Å². The van der Waals surface area contributed by atoms with Crippen molar-refractivity contribution < 1.29 is 4.79 Å². The van der Waals surface area contributed by atoms with Crippen molar-refractivity contribution in [3.8, 4) is 0 Å². The lowest BCUT2D eigenvalue weighted by atomic mass is 10.2. The van der Waals surface area contributed by atoms with E-state index in [1.165, 1.54) is 16.2 Å². The van der Waals surface area contributed by atoms with Crippen LogP contribution in [-0.4, -0.2) is 10.9 Å². The minimum atomic E-state index is -0.0713. The molecule has 2 aromatic rings. The molecule has 2 rings (SSSR count). The summed E-state index contributed by atoms with van der Waals surface area (Å²) in [7, 11) is 0. The fourth-order valence-electron chi connectivity index (χ4n) is 1.46. The van der Waals surface area contributed by atoms with Crippen LogP contribution in [0.25, 0.3) is 0 Å². The van der Waals surface area contributed by atoms with Gasteiger partial charge in [-0.25, -0.2) is 4.98 Å². The first kappa shape index (κ1) is 12.3. The number of nitrogens with zero attached hydrogens (tertiary/aromatic N) is 1. The molecule has 0 saturated heterocycles. The zero-order valence-corrected chi connectivity index (χ0v) is 11.5. The van der Waals surface area contributed by atoms with Crippen LogP contribution in [0.1, 0.15) is 33.5 Å². The third kappa shape index (κ3) is 3.14. The van der Waals surface area contributed by atoms with Gasteiger partial charge in [-0.05, 0) is 19.4 Å². The number of hydrogen-bond donors (Lipinski definition) is 1. The van der Waals surface area contributed by atoms with Crippen molar-refractivity contribution >= 4 is 33.7 Å². The summed E-state index contributed by atoms with van der Waals surface area (Å²) in [6, 6.07) is 1.96. The normalized spacial score (nSPS) is 10.5. The molecule has 2 heterocycles. The molecular formula is C12H14N2OS2. The maximum atomic E-state index is 11.9. The van der Waals surface area contributed by atoms with E-state index in [1.807, 2.05) is 18.4 Å². The van der Waals surface area contributed by atoms with Crippen LogP contribution in [0.3, 0.4) is 0 Å². The summed E-state index contributed by atoms with van der Waals surface area (Å²) >= 11 is 3.13. The number of aryl methyl sites for hydroxylation is 2. The van der Waals surface area contributed by atoms with E-state index in [0.29, 0.717) is 5.13 Å². The SMILES string of the molecule is CCCc1cc(C(=O)Nc2ncc(C)s2)cs1. The number of thiophene rings is 1. The van der Waals surface area contributed by atoms with E-state index in [9.17, 15) is 4.79 Å². The summed E-state index contributed by atoms with van der Waals surface area (Å²) in [5.41, 5.74) is 0.728. The first-order chi connectivity index (χ1) is 8.19. The average molecular weight is 266 g/mol. The highest BCUT2D eigenvalue weighted by atomic mass is 32.1. The van der Waals surface area contributed by atoms with Crippen molar-refractivity contribution in [3.63, 3.8) is 0 Å². The summed E-state index contributed by atoms with van der Waals surface area (Å²) in [5, 5.41) is 5.38. The number of amides is 1. The van der Waals surface area contributed by atoms with E-state index in [1.54, 1.807) is 17.5 Å². The molecule has 0 fully saturated rings. The Morgan fingerprint density at radius 3 is 3.00 bits per heavy atom. The maximum absolute atomic E-state index is 11.9. The number of anilines is 1. The third-order valence-corrected chi connectivity index (χ3v) is 4.08.